The molecule has 0 saturated heterocycles. The molecule has 0 heterocycles. The number of hydrogen-bond acceptors (Lipinski definition) is 0. The SMILES string of the molecule is F[C-](F)CC1CC2CCC1C2.[Sg]. The van der Waals surface area contributed by atoms with E-state index in [4.69, 9.17) is 0 Å². The molecular formula is C9H13F2Sg-. The van der Waals surface area contributed by atoms with Crippen LogP contribution in [0, 0.1) is 24.2 Å². The first-order valence-electron chi connectivity index (χ1n) is 4.42. The van der Waals surface area contributed by atoms with Gasteiger partial charge in [-0.25, -0.2) is 0 Å². The molecule has 3 atom stereocenters. The summed E-state index contributed by atoms with van der Waals surface area (Å²) in [6.45, 7) is 0. The van der Waals surface area contributed by atoms with Crippen LogP contribution in [0.4, 0.5) is 8.78 Å². The molecule has 3 unspecified atom stereocenters. The molecule has 12 heavy (non-hydrogen) atoms. The fourth-order valence-corrected chi connectivity index (χ4v) is 2.82. The molecule has 0 aromatic heterocycles. The van der Waals surface area contributed by atoms with Crippen LogP contribution in [0.1, 0.15) is 32.1 Å². The molecule has 0 aromatic rings. The molecule has 2 aliphatic carbocycles. The van der Waals surface area contributed by atoms with Gasteiger partial charge in [-0.05, 0) is 31.1 Å². The van der Waals surface area contributed by atoms with Crippen molar-refractivity contribution in [1.82, 2.24) is 0 Å². The van der Waals surface area contributed by atoms with Crippen LogP contribution < -0.4 is 0 Å². The first kappa shape index (κ1) is 8.95. The summed E-state index contributed by atoms with van der Waals surface area (Å²) >= 11 is 0. The van der Waals surface area contributed by atoms with Gasteiger partial charge in [-0.1, -0.05) is 12.3 Å². The molecule has 2 fully saturated rings. The summed E-state index contributed by atoms with van der Waals surface area (Å²) in [7, 11) is 0. The van der Waals surface area contributed by atoms with Crippen LogP contribution in [-0.2, 0) is 0 Å². The van der Waals surface area contributed by atoms with E-state index in [0.717, 1.165) is 12.3 Å². The van der Waals surface area contributed by atoms with Crippen LogP contribution >= 0.6 is 0 Å². The van der Waals surface area contributed by atoms with Crippen molar-refractivity contribution in [3.05, 3.63) is 6.43 Å². The second kappa shape index (κ2) is 3.08. The van der Waals surface area contributed by atoms with Gasteiger partial charge in [-0.15, -0.1) is 6.42 Å². The van der Waals surface area contributed by atoms with Crippen molar-refractivity contribution in [3.63, 3.8) is 0 Å². The molecule has 0 aromatic carbocycles. The summed E-state index contributed by atoms with van der Waals surface area (Å²) < 4.78 is 23.9. The van der Waals surface area contributed by atoms with Gasteiger partial charge in [-0.2, -0.15) is 0 Å². The topological polar surface area (TPSA) is 0 Å². The largest absolute Gasteiger partial charge is 0.421 e. The van der Waals surface area contributed by atoms with Crippen LogP contribution in [-0.4, -0.2) is 0 Å². The van der Waals surface area contributed by atoms with Crippen molar-refractivity contribution < 1.29 is 8.78 Å². The van der Waals surface area contributed by atoms with Crippen LogP contribution in [0.3, 0.4) is 0 Å². The number of halogens is 2. The Morgan fingerprint density at radius 2 is 1.92 bits per heavy atom. The van der Waals surface area contributed by atoms with Crippen LogP contribution in [0.2, 0.25) is 0 Å². The Kier molecular flexibility index (Phi) is 2.30. The summed E-state index contributed by atoms with van der Waals surface area (Å²) in [6.07, 6.45) is 3.54. The first-order chi connectivity index (χ1) is 5.25. The second-order valence-corrected chi connectivity index (χ2v) is 3.98. The first-order valence-corrected chi connectivity index (χ1v) is 4.42. The zero-order valence-electron chi connectivity index (χ0n) is 7.23. The van der Waals surface area contributed by atoms with E-state index in [2.05, 4.69) is 0 Å². The van der Waals surface area contributed by atoms with Crippen molar-refractivity contribution in [2.45, 2.75) is 32.1 Å². The van der Waals surface area contributed by atoms with E-state index >= 15 is 0 Å². The molecule has 0 spiro atoms. The van der Waals surface area contributed by atoms with E-state index in [-0.39, 0.29) is 6.42 Å². The number of hydrogen-bond donors (Lipinski definition) is 0. The summed E-state index contributed by atoms with van der Waals surface area (Å²) in [5, 5.41) is 0. The average Bonchev–Trinajstić information content (AvgIpc) is 2.45. The monoisotopic (exact) mass is 430 g/mol. The molecule has 3 heteroatoms. The molecule has 2 bridgehead atoms. The van der Waals surface area contributed by atoms with Crippen molar-refractivity contribution in [2.24, 2.45) is 17.8 Å². The van der Waals surface area contributed by atoms with Gasteiger partial charge in [-0.3, -0.25) is 0 Å². The Hall–Kier alpha value is -1.14. The van der Waals surface area contributed by atoms with Crippen molar-refractivity contribution >= 4 is 0 Å². The average molecular weight is 428 g/mol. The molecule has 0 nitrogen and oxygen atoms in total. The molecular weight excluding hydrogens is 415 g/mol. The normalized spacial score (nSPS) is 38.8. The van der Waals surface area contributed by atoms with Crippen LogP contribution in [0.25, 0.3) is 0 Å². The molecule has 2 aliphatic rings. The fraction of sp³-hybridized carbons (Fsp3) is 0.889. The minimum atomic E-state index is -1.36. The van der Waals surface area contributed by atoms with Gasteiger partial charge < -0.3 is 8.78 Å². The van der Waals surface area contributed by atoms with Crippen LogP contribution in [0.15, 0.2) is 0 Å². The molecule has 0 amide bonds. The third kappa shape index (κ3) is 1.39. The summed E-state index contributed by atoms with van der Waals surface area (Å²) in [5.41, 5.74) is 0. The Morgan fingerprint density at radius 3 is 2.33 bits per heavy atom. The minimum absolute atomic E-state index is 0. The summed E-state index contributed by atoms with van der Waals surface area (Å²) in [6, 6.07) is 0. The zero-order valence-corrected chi connectivity index (χ0v) is 13.7. The molecule has 0 radical (unpaired) electrons. The van der Waals surface area contributed by atoms with Crippen LogP contribution in [0.5, 0.6) is 0 Å². The zero-order chi connectivity index (χ0) is 7.84. The van der Waals surface area contributed by atoms with Gasteiger partial charge >= 0.3 is 0 Å². The molecule has 0 aliphatic heterocycles. The van der Waals surface area contributed by atoms with Gasteiger partial charge in [0.25, 0.3) is 0 Å². The maximum absolute atomic E-state index is 11.9. The van der Waals surface area contributed by atoms with Gasteiger partial charge in [0, 0.05) is 6.43 Å². The van der Waals surface area contributed by atoms with E-state index in [0.29, 0.717) is 11.8 Å². The predicted octanol–water partition coefficient (Wildman–Crippen LogP) is 3.24. The molecule has 0 N–H and O–H groups in total. The summed E-state index contributed by atoms with van der Waals surface area (Å²) in [4.78, 5) is 0. The second-order valence-electron chi connectivity index (χ2n) is 3.98. The Bertz CT molecular complexity index is 149. The number of fused-ring (bicyclic) bond motifs is 2. The minimum Gasteiger partial charge on any atom is -0.421 e. The van der Waals surface area contributed by atoms with Gasteiger partial charge in [0.2, 0.25) is 0 Å². The van der Waals surface area contributed by atoms with Gasteiger partial charge in [0.05, 0.1) is 0 Å². The standard InChI is InChI=1S/C9H13F2.Sg/c10-9(11)5-8-4-6-1-2-7(8)3-6;/h6-8H,1-5H2;/q-1;. The van der Waals surface area contributed by atoms with Crippen molar-refractivity contribution in [3.8, 4) is 0 Å². The van der Waals surface area contributed by atoms with Crippen molar-refractivity contribution in [2.75, 3.05) is 0 Å². The Morgan fingerprint density at radius 1 is 1.17 bits per heavy atom. The Balaban J connectivity index is 0.000000720. The maximum Gasteiger partial charge on any atom is 0.00160 e. The van der Waals surface area contributed by atoms with E-state index in [1.807, 2.05) is 0 Å². The van der Waals surface area contributed by atoms with E-state index in [1.54, 1.807) is 0 Å². The molecule has 2 saturated carbocycles. The van der Waals surface area contributed by atoms with E-state index in [9.17, 15) is 8.78 Å². The molecule has 2 rings (SSSR count). The third-order valence-corrected chi connectivity index (χ3v) is 3.30. The third-order valence-electron chi connectivity index (χ3n) is 3.30. The van der Waals surface area contributed by atoms with Crippen molar-refractivity contribution in [1.29, 1.82) is 0 Å². The summed E-state index contributed by atoms with van der Waals surface area (Å²) in [5.74, 6) is 1.77. The Labute approximate surface area is 66.0 Å². The van der Waals surface area contributed by atoms with Gasteiger partial charge in [0.1, 0.15) is 0 Å². The maximum atomic E-state index is 11.9. The van der Waals surface area contributed by atoms with E-state index in [1.165, 1.54) is 19.3 Å². The fourth-order valence-electron chi connectivity index (χ4n) is 2.82. The predicted molar refractivity (Wildman–Crippen MR) is 39.0 cm³/mol. The number of rotatable bonds is 2. The quantitative estimate of drug-likeness (QED) is 0.593. The van der Waals surface area contributed by atoms with E-state index < -0.39 is 6.43 Å². The van der Waals surface area contributed by atoms with Gasteiger partial charge in [0.15, 0.2) is 0 Å². The smallest absolute Gasteiger partial charge is 0.00160 e. The molecule has 66 valence electrons.